The van der Waals surface area contributed by atoms with Gasteiger partial charge in [-0.25, -0.2) is 32.0 Å². The molecule has 4 heterocycles. The van der Waals surface area contributed by atoms with Crippen LogP contribution in [0.3, 0.4) is 0 Å². The molecule has 0 atom stereocenters. The fourth-order valence-corrected chi connectivity index (χ4v) is 4.58. The number of benzene rings is 1. The molecule has 0 aliphatic carbocycles. The second-order valence-corrected chi connectivity index (χ2v) is 8.08. The van der Waals surface area contributed by atoms with Crippen molar-refractivity contribution >= 4 is 27.2 Å². The maximum atomic E-state index is 13.3. The molecule has 5 aromatic rings. The van der Waals surface area contributed by atoms with Crippen molar-refractivity contribution in [3.63, 3.8) is 0 Å². The van der Waals surface area contributed by atoms with Gasteiger partial charge >= 0.3 is 0 Å². The van der Waals surface area contributed by atoms with Gasteiger partial charge in [-0.2, -0.15) is 5.10 Å². The van der Waals surface area contributed by atoms with Gasteiger partial charge in [0.25, 0.3) is 12.9 Å². The Balaban J connectivity index is 1.64. The number of rotatable bonds is 5. The second-order valence-electron chi connectivity index (χ2n) is 6.87. The zero-order valence-electron chi connectivity index (χ0n) is 16.0. The first kappa shape index (κ1) is 19.6. The molecule has 6 nitrogen and oxygen atoms in total. The molecule has 31 heavy (non-hydrogen) atoms. The number of thiophene rings is 1. The van der Waals surface area contributed by atoms with Gasteiger partial charge in [-0.15, -0.1) is 16.4 Å². The maximum Gasteiger partial charge on any atom is 0.282 e. The molecule has 11 heteroatoms. The van der Waals surface area contributed by atoms with E-state index in [0.29, 0.717) is 11.7 Å². The SMILES string of the molecule is Cc1sc2ncn3nc(Cn4nc(C(F)F)cc4C(F)F)nc3c2c1-c1ccccc1. The van der Waals surface area contributed by atoms with Crippen molar-refractivity contribution < 1.29 is 17.6 Å². The van der Waals surface area contributed by atoms with Crippen LogP contribution in [0.1, 0.15) is 34.9 Å². The highest BCUT2D eigenvalue weighted by Crippen LogP contribution is 2.39. The Labute approximate surface area is 176 Å². The van der Waals surface area contributed by atoms with Gasteiger partial charge < -0.3 is 0 Å². The third kappa shape index (κ3) is 3.34. The molecule has 0 spiro atoms. The van der Waals surface area contributed by atoms with Crippen LogP contribution in [0, 0.1) is 6.92 Å². The third-order valence-corrected chi connectivity index (χ3v) is 5.89. The molecular weight excluding hydrogens is 432 g/mol. The van der Waals surface area contributed by atoms with E-state index in [2.05, 4.69) is 20.2 Å². The van der Waals surface area contributed by atoms with E-state index in [4.69, 9.17) is 0 Å². The minimum absolute atomic E-state index is 0.169. The zero-order chi connectivity index (χ0) is 21.7. The van der Waals surface area contributed by atoms with Crippen molar-refractivity contribution in [3.8, 4) is 11.1 Å². The summed E-state index contributed by atoms with van der Waals surface area (Å²) in [5.41, 5.74) is 1.18. The van der Waals surface area contributed by atoms with Gasteiger partial charge in [-0.1, -0.05) is 30.3 Å². The summed E-state index contributed by atoms with van der Waals surface area (Å²) in [4.78, 5) is 10.8. The Morgan fingerprint density at radius 1 is 1.03 bits per heavy atom. The molecule has 4 aromatic heterocycles. The molecule has 5 rings (SSSR count). The fourth-order valence-electron chi connectivity index (χ4n) is 3.57. The lowest BCUT2D eigenvalue weighted by atomic mass is 10.0. The lowest BCUT2D eigenvalue weighted by molar-refractivity contribution is 0.139. The monoisotopic (exact) mass is 446 g/mol. The standard InChI is InChI=1S/C20H14F4N6S/c1-10-15(11-5-3-2-4-6-11)16-19-26-14(28-30(19)9-25-20(16)31-10)8-29-13(18(23)24)7-12(27-29)17(21)22/h2-7,9,17-18H,8H2,1H3. The Morgan fingerprint density at radius 2 is 1.81 bits per heavy atom. The normalized spacial score (nSPS) is 12.1. The van der Waals surface area contributed by atoms with E-state index in [1.54, 1.807) is 0 Å². The first-order chi connectivity index (χ1) is 14.9. The van der Waals surface area contributed by atoms with Gasteiger partial charge in [0.2, 0.25) is 0 Å². The Hall–Kier alpha value is -3.34. The van der Waals surface area contributed by atoms with Crippen LogP contribution >= 0.6 is 11.3 Å². The van der Waals surface area contributed by atoms with Crippen molar-refractivity contribution in [2.75, 3.05) is 0 Å². The van der Waals surface area contributed by atoms with Crippen molar-refractivity contribution in [2.24, 2.45) is 0 Å². The summed E-state index contributed by atoms with van der Waals surface area (Å²) in [5, 5.41) is 8.73. The molecule has 0 saturated carbocycles. The Morgan fingerprint density at radius 3 is 2.52 bits per heavy atom. The predicted molar refractivity (Wildman–Crippen MR) is 108 cm³/mol. The average Bonchev–Trinajstić information content (AvgIpc) is 3.42. The first-order valence-electron chi connectivity index (χ1n) is 9.25. The summed E-state index contributed by atoms with van der Waals surface area (Å²) in [6.45, 7) is 1.73. The van der Waals surface area contributed by atoms with Gasteiger partial charge in [0, 0.05) is 10.4 Å². The lowest BCUT2D eigenvalue weighted by Crippen LogP contribution is -2.08. The van der Waals surface area contributed by atoms with Gasteiger partial charge in [0.1, 0.15) is 29.1 Å². The number of fused-ring (bicyclic) bond motifs is 3. The molecule has 0 amide bonds. The summed E-state index contributed by atoms with van der Waals surface area (Å²) in [6, 6.07) is 10.5. The largest absolute Gasteiger partial charge is 0.282 e. The smallest absolute Gasteiger partial charge is 0.256 e. The van der Waals surface area contributed by atoms with Crippen LogP contribution in [0.5, 0.6) is 0 Å². The third-order valence-electron chi connectivity index (χ3n) is 4.88. The van der Waals surface area contributed by atoms with E-state index in [1.165, 1.54) is 22.2 Å². The van der Waals surface area contributed by atoms with E-state index in [1.807, 2.05) is 37.3 Å². The summed E-state index contributed by atoms with van der Waals surface area (Å²) in [5.74, 6) is 0.169. The molecule has 0 saturated heterocycles. The number of hydrogen-bond acceptors (Lipinski definition) is 5. The molecule has 1 aromatic carbocycles. The minimum Gasteiger partial charge on any atom is -0.256 e. The van der Waals surface area contributed by atoms with E-state index < -0.39 is 24.2 Å². The molecule has 0 radical (unpaired) electrons. The summed E-state index contributed by atoms with van der Waals surface area (Å²) >= 11 is 1.52. The molecule has 0 fully saturated rings. The van der Waals surface area contributed by atoms with Gasteiger partial charge in [0.05, 0.1) is 5.39 Å². The fraction of sp³-hybridized carbons (Fsp3) is 0.200. The minimum atomic E-state index is -2.95. The number of halogens is 4. The Bertz CT molecular complexity index is 1390. The Kier molecular flexibility index (Phi) is 4.69. The number of aryl methyl sites for hydroxylation is 1. The second kappa shape index (κ2) is 7.41. The summed E-state index contributed by atoms with van der Waals surface area (Å²) < 4.78 is 54.8. The predicted octanol–water partition coefficient (Wildman–Crippen LogP) is 5.43. The number of aromatic nitrogens is 6. The highest BCUT2D eigenvalue weighted by atomic mass is 32.1. The lowest BCUT2D eigenvalue weighted by Gasteiger charge is -2.03. The molecule has 158 valence electrons. The summed E-state index contributed by atoms with van der Waals surface area (Å²) in [7, 11) is 0. The maximum absolute atomic E-state index is 13.3. The molecule has 0 aliphatic rings. The average molecular weight is 446 g/mol. The number of hydrogen-bond donors (Lipinski definition) is 0. The topological polar surface area (TPSA) is 60.9 Å². The zero-order valence-corrected chi connectivity index (χ0v) is 16.8. The quantitative estimate of drug-likeness (QED) is 0.338. The van der Waals surface area contributed by atoms with Crippen molar-refractivity contribution in [1.29, 1.82) is 0 Å². The van der Waals surface area contributed by atoms with E-state index in [-0.39, 0.29) is 12.4 Å². The molecule has 0 N–H and O–H groups in total. The highest BCUT2D eigenvalue weighted by molar-refractivity contribution is 7.19. The molecule has 0 aliphatic heterocycles. The van der Waals surface area contributed by atoms with E-state index >= 15 is 0 Å². The van der Waals surface area contributed by atoms with Crippen LogP contribution in [-0.2, 0) is 6.54 Å². The van der Waals surface area contributed by atoms with Crippen molar-refractivity contribution in [1.82, 2.24) is 29.4 Å². The van der Waals surface area contributed by atoms with Crippen molar-refractivity contribution in [3.05, 3.63) is 64.8 Å². The van der Waals surface area contributed by atoms with Gasteiger partial charge in [0.15, 0.2) is 11.5 Å². The first-order valence-corrected chi connectivity index (χ1v) is 10.1. The van der Waals surface area contributed by atoms with Crippen LogP contribution in [0.2, 0.25) is 0 Å². The molecule has 0 bridgehead atoms. The molecular formula is C20H14F4N6S. The van der Waals surface area contributed by atoms with Gasteiger partial charge in [-0.3, -0.25) is 4.68 Å². The van der Waals surface area contributed by atoms with E-state index in [9.17, 15) is 17.6 Å². The van der Waals surface area contributed by atoms with Crippen LogP contribution < -0.4 is 0 Å². The van der Waals surface area contributed by atoms with E-state index in [0.717, 1.165) is 30.9 Å². The van der Waals surface area contributed by atoms with Crippen LogP contribution in [0.25, 0.3) is 27.0 Å². The molecule has 0 unspecified atom stereocenters. The summed E-state index contributed by atoms with van der Waals surface area (Å²) in [6.07, 6.45) is -4.39. The van der Waals surface area contributed by atoms with Gasteiger partial charge in [-0.05, 0) is 18.6 Å². The van der Waals surface area contributed by atoms with Crippen LogP contribution in [0.4, 0.5) is 17.6 Å². The number of alkyl halides is 4. The van der Waals surface area contributed by atoms with Crippen molar-refractivity contribution in [2.45, 2.75) is 26.3 Å². The van der Waals surface area contributed by atoms with Crippen LogP contribution in [0.15, 0.2) is 42.7 Å². The van der Waals surface area contributed by atoms with Crippen LogP contribution in [-0.4, -0.2) is 29.4 Å². The number of nitrogens with zero attached hydrogens (tertiary/aromatic N) is 6. The highest BCUT2D eigenvalue weighted by Gasteiger charge is 2.23.